The van der Waals surface area contributed by atoms with Crippen LogP contribution in [0.25, 0.3) is 5.65 Å². The summed E-state index contributed by atoms with van der Waals surface area (Å²) in [5.41, 5.74) is 1.23. The third kappa shape index (κ3) is 2.57. The Morgan fingerprint density at radius 3 is 2.43 bits per heavy atom. The van der Waals surface area contributed by atoms with Gasteiger partial charge in [-0.25, -0.2) is 13.4 Å². The van der Waals surface area contributed by atoms with Gasteiger partial charge in [0.05, 0.1) is 4.90 Å². The molecule has 0 fully saturated rings. The molecule has 6 nitrogen and oxygen atoms in total. The number of H-pyrrole nitrogens is 1. The standard InChI is InChI=1S/C15H15N3O3S2/c1-9-4-6-11(7-5-9)23(20,21)13-14-16-10(2)8-12(19)18(14)17-15(13)22-3/h4-8,17H,1-3H3. The van der Waals surface area contributed by atoms with E-state index in [1.807, 2.05) is 6.92 Å². The number of rotatable bonds is 3. The van der Waals surface area contributed by atoms with Gasteiger partial charge in [-0.3, -0.25) is 9.89 Å². The van der Waals surface area contributed by atoms with E-state index in [4.69, 9.17) is 0 Å². The Morgan fingerprint density at radius 1 is 1.17 bits per heavy atom. The van der Waals surface area contributed by atoms with Crippen molar-refractivity contribution in [3.05, 3.63) is 51.9 Å². The van der Waals surface area contributed by atoms with Crippen LogP contribution in [0, 0.1) is 13.8 Å². The maximum Gasteiger partial charge on any atom is 0.272 e. The van der Waals surface area contributed by atoms with Gasteiger partial charge in [0.1, 0.15) is 9.92 Å². The van der Waals surface area contributed by atoms with Crippen LogP contribution in [0.2, 0.25) is 0 Å². The monoisotopic (exact) mass is 349 g/mol. The van der Waals surface area contributed by atoms with Gasteiger partial charge in [-0.15, -0.1) is 11.8 Å². The van der Waals surface area contributed by atoms with Gasteiger partial charge in [-0.05, 0) is 32.2 Å². The van der Waals surface area contributed by atoms with Crippen molar-refractivity contribution in [2.45, 2.75) is 28.7 Å². The first-order chi connectivity index (χ1) is 10.8. The highest BCUT2D eigenvalue weighted by molar-refractivity contribution is 7.99. The molecule has 0 saturated heterocycles. The molecular weight excluding hydrogens is 334 g/mol. The Morgan fingerprint density at radius 2 is 1.83 bits per heavy atom. The molecule has 3 rings (SSSR count). The Hall–Kier alpha value is -2.06. The smallest absolute Gasteiger partial charge is 0.272 e. The van der Waals surface area contributed by atoms with E-state index < -0.39 is 9.84 Å². The average molecular weight is 349 g/mol. The number of nitrogens with one attached hydrogen (secondary N) is 1. The summed E-state index contributed by atoms with van der Waals surface area (Å²) in [5, 5.41) is 3.21. The number of aryl methyl sites for hydroxylation is 2. The fourth-order valence-electron chi connectivity index (χ4n) is 2.33. The third-order valence-electron chi connectivity index (χ3n) is 3.47. The maximum absolute atomic E-state index is 13.0. The largest absolute Gasteiger partial charge is 0.282 e. The van der Waals surface area contributed by atoms with Crippen LogP contribution in [-0.2, 0) is 9.84 Å². The molecule has 2 heterocycles. The quantitative estimate of drug-likeness (QED) is 0.733. The van der Waals surface area contributed by atoms with E-state index in [0.29, 0.717) is 10.7 Å². The van der Waals surface area contributed by atoms with Gasteiger partial charge in [0.25, 0.3) is 5.56 Å². The van der Waals surface area contributed by atoms with Gasteiger partial charge in [0.15, 0.2) is 5.65 Å². The number of benzene rings is 1. The molecule has 0 bridgehead atoms. The molecule has 0 aliphatic carbocycles. The lowest BCUT2D eigenvalue weighted by Crippen LogP contribution is -2.15. The Bertz CT molecular complexity index is 1050. The van der Waals surface area contributed by atoms with Crippen molar-refractivity contribution < 1.29 is 8.42 Å². The van der Waals surface area contributed by atoms with Crippen LogP contribution in [0.15, 0.2) is 49.9 Å². The highest BCUT2D eigenvalue weighted by Gasteiger charge is 2.28. The number of nitrogens with zero attached hydrogens (tertiary/aromatic N) is 2. The second-order valence-electron chi connectivity index (χ2n) is 5.19. The van der Waals surface area contributed by atoms with Crippen LogP contribution in [0.3, 0.4) is 0 Å². The molecule has 0 aliphatic heterocycles. The highest BCUT2D eigenvalue weighted by atomic mass is 32.2. The zero-order valence-corrected chi connectivity index (χ0v) is 14.5. The number of aromatic nitrogens is 3. The van der Waals surface area contributed by atoms with Gasteiger partial charge >= 0.3 is 0 Å². The van der Waals surface area contributed by atoms with Crippen LogP contribution in [0.1, 0.15) is 11.3 Å². The lowest BCUT2D eigenvalue weighted by Gasteiger charge is -2.05. The number of fused-ring (bicyclic) bond motifs is 1. The van der Waals surface area contributed by atoms with Crippen molar-refractivity contribution in [3.63, 3.8) is 0 Å². The number of hydrogen-bond acceptors (Lipinski definition) is 5. The van der Waals surface area contributed by atoms with Crippen molar-refractivity contribution >= 4 is 27.2 Å². The maximum atomic E-state index is 13.0. The van der Waals surface area contributed by atoms with Crippen molar-refractivity contribution in [1.82, 2.24) is 14.6 Å². The minimum atomic E-state index is -3.79. The van der Waals surface area contributed by atoms with Crippen LogP contribution in [-0.4, -0.2) is 29.3 Å². The number of thioether (sulfide) groups is 1. The van der Waals surface area contributed by atoms with Gasteiger partial charge in [0.2, 0.25) is 9.84 Å². The Kier molecular flexibility index (Phi) is 3.81. The number of aromatic amines is 1. The number of sulfone groups is 1. The normalized spacial score (nSPS) is 12.0. The van der Waals surface area contributed by atoms with E-state index in [2.05, 4.69) is 10.1 Å². The van der Waals surface area contributed by atoms with Crippen molar-refractivity contribution in [3.8, 4) is 0 Å². The second kappa shape index (κ2) is 5.54. The lowest BCUT2D eigenvalue weighted by molar-refractivity contribution is 0.594. The predicted molar refractivity (Wildman–Crippen MR) is 89.0 cm³/mol. The molecule has 0 saturated carbocycles. The minimum Gasteiger partial charge on any atom is -0.282 e. The zero-order chi connectivity index (χ0) is 16.8. The van der Waals surface area contributed by atoms with Crippen molar-refractivity contribution in [2.24, 2.45) is 0 Å². The zero-order valence-electron chi connectivity index (χ0n) is 12.8. The lowest BCUT2D eigenvalue weighted by atomic mass is 10.2. The Balaban J connectivity index is 2.38. The summed E-state index contributed by atoms with van der Waals surface area (Å²) in [6.07, 6.45) is 1.75. The molecule has 8 heteroatoms. The summed E-state index contributed by atoms with van der Waals surface area (Å²) in [5.74, 6) is 0. The fraction of sp³-hybridized carbons (Fsp3) is 0.200. The third-order valence-corrected chi connectivity index (χ3v) is 6.12. The molecule has 0 radical (unpaired) electrons. The molecule has 0 aliphatic rings. The Labute approximate surface area is 137 Å². The highest BCUT2D eigenvalue weighted by Crippen LogP contribution is 2.31. The minimum absolute atomic E-state index is 0.0367. The van der Waals surface area contributed by atoms with E-state index in [1.54, 1.807) is 37.4 Å². The topological polar surface area (TPSA) is 84.3 Å². The first-order valence-electron chi connectivity index (χ1n) is 6.82. The van der Waals surface area contributed by atoms with Crippen molar-refractivity contribution in [1.29, 1.82) is 0 Å². The van der Waals surface area contributed by atoms with Gasteiger partial charge in [0, 0.05) is 11.8 Å². The predicted octanol–water partition coefficient (Wildman–Crippen LogP) is 2.19. The van der Waals surface area contributed by atoms with Gasteiger partial charge < -0.3 is 0 Å². The summed E-state index contributed by atoms with van der Waals surface area (Å²) in [6.45, 7) is 3.55. The summed E-state index contributed by atoms with van der Waals surface area (Å²) in [4.78, 5) is 16.5. The van der Waals surface area contributed by atoms with E-state index in [9.17, 15) is 13.2 Å². The van der Waals surface area contributed by atoms with E-state index in [1.165, 1.54) is 22.3 Å². The molecule has 0 amide bonds. The first kappa shape index (κ1) is 15.8. The second-order valence-corrected chi connectivity index (χ2v) is 7.89. The molecule has 0 atom stereocenters. The van der Waals surface area contributed by atoms with E-state index in [0.717, 1.165) is 5.56 Å². The molecule has 2 aromatic heterocycles. The molecule has 0 spiro atoms. The molecule has 120 valence electrons. The van der Waals surface area contributed by atoms with Crippen LogP contribution in [0.5, 0.6) is 0 Å². The van der Waals surface area contributed by atoms with Crippen LogP contribution < -0.4 is 5.56 Å². The molecule has 0 unspecified atom stereocenters. The molecule has 3 aromatic rings. The summed E-state index contributed by atoms with van der Waals surface area (Å²) < 4.78 is 27.2. The van der Waals surface area contributed by atoms with E-state index in [-0.39, 0.29) is 21.0 Å². The molecular formula is C15H15N3O3S2. The average Bonchev–Trinajstić information content (AvgIpc) is 2.87. The number of hydrogen-bond donors (Lipinski definition) is 1. The SMILES string of the molecule is CSc1[nH]n2c(=O)cc(C)nc2c1S(=O)(=O)c1ccc(C)cc1. The first-order valence-corrected chi connectivity index (χ1v) is 9.53. The molecule has 23 heavy (non-hydrogen) atoms. The van der Waals surface area contributed by atoms with Crippen LogP contribution >= 0.6 is 11.8 Å². The molecule has 1 aromatic carbocycles. The summed E-state index contributed by atoms with van der Waals surface area (Å²) in [6, 6.07) is 7.96. The summed E-state index contributed by atoms with van der Waals surface area (Å²) in [7, 11) is -3.79. The van der Waals surface area contributed by atoms with Crippen LogP contribution in [0.4, 0.5) is 0 Å². The summed E-state index contributed by atoms with van der Waals surface area (Å²) >= 11 is 1.23. The van der Waals surface area contributed by atoms with Crippen molar-refractivity contribution in [2.75, 3.05) is 6.26 Å². The molecule has 1 N–H and O–H groups in total. The van der Waals surface area contributed by atoms with E-state index >= 15 is 0 Å². The van der Waals surface area contributed by atoms with Gasteiger partial charge in [-0.2, -0.15) is 4.52 Å². The van der Waals surface area contributed by atoms with Gasteiger partial charge in [-0.1, -0.05) is 17.7 Å². The fourth-order valence-corrected chi connectivity index (χ4v) is 4.76.